The van der Waals surface area contributed by atoms with Gasteiger partial charge in [-0.15, -0.1) is 0 Å². The molecule has 30 heavy (non-hydrogen) atoms. The van der Waals surface area contributed by atoms with E-state index < -0.39 is 23.9 Å². The zero-order valence-electron chi connectivity index (χ0n) is 18.5. The highest BCUT2D eigenvalue weighted by Gasteiger charge is 2.23. The lowest BCUT2D eigenvalue weighted by Crippen LogP contribution is -2.52. The molecule has 1 aromatic rings. The molecule has 1 rings (SSSR count). The van der Waals surface area contributed by atoms with Gasteiger partial charge in [0, 0.05) is 5.56 Å². The van der Waals surface area contributed by atoms with Crippen LogP contribution in [0.5, 0.6) is 11.5 Å². The third-order valence-electron chi connectivity index (χ3n) is 4.18. The van der Waals surface area contributed by atoms with Crippen LogP contribution in [0.15, 0.2) is 18.2 Å². The van der Waals surface area contributed by atoms with Crippen molar-refractivity contribution < 1.29 is 28.6 Å². The van der Waals surface area contributed by atoms with E-state index in [0.29, 0.717) is 30.4 Å². The molecule has 0 spiro atoms. The molecule has 3 amide bonds. The zero-order valence-corrected chi connectivity index (χ0v) is 18.5. The van der Waals surface area contributed by atoms with Crippen LogP contribution >= 0.6 is 0 Å². The second kappa shape index (κ2) is 12.6. The molecule has 9 nitrogen and oxygen atoms in total. The first-order chi connectivity index (χ1) is 14.2. The third kappa shape index (κ3) is 8.59. The van der Waals surface area contributed by atoms with Gasteiger partial charge in [0.15, 0.2) is 11.5 Å². The topological polar surface area (TPSA) is 115 Å². The molecule has 0 aliphatic heterocycles. The van der Waals surface area contributed by atoms with Gasteiger partial charge in [-0.05, 0) is 42.9 Å². The lowest BCUT2D eigenvalue weighted by molar-refractivity contribution is -0.124. The first-order valence-electron chi connectivity index (χ1n) is 9.93. The van der Waals surface area contributed by atoms with Crippen molar-refractivity contribution in [2.24, 2.45) is 11.8 Å². The van der Waals surface area contributed by atoms with Crippen LogP contribution in [0.25, 0.3) is 0 Å². The molecule has 0 radical (unpaired) electrons. The van der Waals surface area contributed by atoms with E-state index in [-0.39, 0.29) is 11.5 Å². The molecule has 3 N–H and O–H groups in total. The SMILES string of the molecule is COC(=O)NC(CC(C)C)C(=O)NNC(=O)c1ccc(OCCC(C)C)c(OC)c1. The fraction of sp³-hybridized carbons (Fsp3) is 0.571. The Labute approximate surface area is 177 Å². The molecule has 0 saturated carbocycles. The number of amides is 3. The van der Waals surface area contributed by atoms with Crippen molar-refractivity contribution in [3.8, 4) is 11.5 Å². The molecule has 0 aliphatic rings. The normalized spacial score (nSPS) is 11.6. The van der Waals surface area contributed by atoms with Crippen LogP contribution in [0.1, 0.15) is 50.9 Å². The number of hydrogen-bond acceptors (Lipinski definition) is 6. The minimum absolute atomic E-state index is 0.140. The molecule has 168 valence electrons. The maximum absolute atomic E-state index is 12.4. The molecule has 0 aliphatic carbocycles. The average Bonchev–Trinajstić information content (AvgIpc) is 2.70. The maximum Gasteiger partial charge on any atom is 0.407 e. The number of hydrazine groups is 1. The van der Waals surface area contributed by atoms with E-state index >= 15 is 0 Å². The van der Waals surface area contributed by atoms with Gasteiger partial charge in [-0.1, -0.05) is 27.7 Å². The van der Waals surface area contributed by atoms with E-state index in [1.165, 1.54) is 20.3 Å². The zero-order chi connectivity index (χ0) is 22.7. The van der Waals surface area contributed by atoms with Crippen molar-refractivity contribution in [2.45, 2.75) is 46.6 Å². The van der Waals surface area contributed by atoms with Gasteiger partial charge >= 0.3 is 6.09 Å². The van der Waals surface area contributed by atoms with Gasteiger partial charge in [0.25, 0.3) is 11.8 Å². The first-order valence-corrected chi connectivity index (χ1v) is 9.93. The Kier molecular flexibility index (Phi) is 10.5. The second-order valence-corrected chi connectivity index (χ2v) is 7.66. The van der Waals surface area contributed by atoms with Gasteiger partial charge in [-0.25, -0.2) is 4.79 Å². The van der Waals surface area contributed by atoms with Gasteiger partial charge in [0.2, 0.25) is 0 Å². The molecule has 0 heterocycles. The van der Waals surface area contributed by atoms with Crippen molar-refractivity contribution in [1.29, 1.82) is 0 Å². The molecule has 0 fully saturated rings. The quantitative estimate of drug-likeness (QED) is 0.499. The Hall–Kier alpha value is -2.97. The fourth-order valence-electron chi connectivity index (χ4n) is 2.51. The third-order valence-corrected chi connectivity index (χ3v) is 4.18. The summed E-state index contributed by atoms with van der Waals surface area (Å²) in [6.07, 6.45) is 0.557. The Morgan fingerprint density at radius 2 is 1.67 bits per heavy atom. The summed E-state index contributed by atoms with van der Waals surface area (Å²) in [5.74, 6) is 0.527. The van der Waals surface area contributed by atoms with Crippen LogP contribution in [-0.4, -0.2) is 44.8 Å². The van der Waals surface area contributed by atoms with Crippen LogP contribution in [0.4, 0.5) is 4.79 Å². The van der Waals surface area contributed by atoms with Crippen LogP contribution in [-0.2, 0) is 9.53 Å². The Morgan fingerprint density at radius 3 is 2.23 bits per heavy atom. The number of alkyl carbamates (subject to hydrolysis) is 1. The molecule has 1 unspecified atom stereocenters. The summed E-state index contributed by atoms with van der Waals surface area (Å²) in [7, 11) is 2.70. The number of benzene rings is 1. The van der Waals surface area contributed by atoms with Crippen molar-refractivity contribution in [1.82, 2.24) is 16.2 Å². The van der Waals surface area contributed by atoms with E-state index in [1.807, 2.05) is 13.8 Å². The number of methoxy groups -OCH3 is 2. The standard InChI is InChI=1S/C21H33N3O6/c1-13(2)9-10-30-17-8-7-15(12-18(17)28-5)19(25)23-24-20(26)16(11-14(3)4)22-21(27)29-6/h7-8,12-14,16H,9-11H2,1-6H3,(H,22,27)(H,23,25)(H,24,26). The van der Waals surface area contributed by atoms with Gasteiger partial charge in [0.05, 0.1) is 20.8 Å². The summed E-state index contributed by atoms with van der Waals surface area (Å²) < 4.78 is 15.6. The van der Waals surface area contributed by atoms with Crippen molar-refractivity contribution >= 4 is 17.9 Å². The number of carbonyl (C=O) groups excluding carboxylic acids is 3. The highest BCUT2D eigenvalue weighted by Crippen LogP contribution is 2.28. The molecular weight excluding hydrogens is 390 g/mol. The first kappa shape index (κ1) is 25.1. The fourth-order valence-corrected chi connectivity index (χ4v) is 2.51. The molecule has 0 bridgehead atoms. The van der Waals surface area contributed by atoms with Gasteiger partial charge in [0.1, 0.15) is 6.04 Å². The molecular formula is C21H33N3O6. The molecule has 9 heteroatoms. The Morgan fingerprint density at radius 1 is 0.967 bits per heavy atom. The van der Waals surface area contributed by atoms with E-state index in [0.717, 1.165) is 6.42 Å². The number of ether oxygens (including phenoxy) is 3. The lowest BCUT2D eigenvalue weighted by atomic mass is 10.0. The summed E-state index contributed by atoms with van der Waals surface area (Å²) in [6, 6.07) is 3.91. The number of carbonyl (C=O) groups is 3. The number of nitrogens with one attached hydrogen (secondary N) is 3. The van der Waals surface area contributed by atoms with Crippen LogP contribution in [0.3, 0.4) is 0 Å². The summed E-state index contributed by atoms with van der Waals surface area (Å²) >= 11 is 0. The predicted molar refractivity (Wildman–Crippen MR) is 112 cm³/mol. The second-order valence-electron chi connectivity index (χ2n) is 7.66. The van der Waals surface area contributed by atoms with E-state index in [9.17, 15) is 14.4 Å². The summed E-state index contributed by atoms with van der Waals surface area (Å²) in [4.78, 5) is 36.3. The van der Waals surface area contributed by atoms with E-state index in [4.69, 9.17) is 9.47 Å². The highest BCUT2D eigenvalue weighted by atomic mass is 16.5. The molecule has 1 aromatic carbocycles. The van der Waals surface area contributed by atoms with E-state index in [1.54, 1.807) is 12.1 Å². The minimum atomic E-state index is -0.844. The number of hydrogen-bond donors (Lipinski definition) is 3. The average molecular weight is 424 g/mol. The van der Waals surface area contributed by atoms with Gasteiger partial charge in [-0.3, -0.25) is 20.4 Å². The smallest absolute Gasteiger partial charge is 0.407 e. The monoisotopic (exact) mass is 423 g/mol. The van der Waals surface area contributed by atoms with Gasteiger partial charge in [-0.2, -0.15) is 0 Å². The minimum Gasteiger partial charge on any atom is -0.493 e. The number of rotatable bonds is 10. The van der Waals surface area contributed by atoms with Crippen LogP contribution in [0, 0.1) is 11.8 Å². The van der Waals surface area contributed by atoms with Crippen LogP contribution < -0.4 is 25.6 Å². The van der Waals surface area contributed by atoms with Crippen LogP contribution in [0.2, 0.25) is 0 Å². The Bertz CT molecular complexity index is 721. The Balaban J connectivity index is 2.74. The molecule has 1 atom stereocenters. The van der Waals surface area contributed by atoms with Crippen molar-refractivity contribution in [3.05, 3.63) is 23.8 Å². The van der Waals surface area contributed by atoms with Crippen molar-refractivity contribution in [2.75, 3.05) is 20.8 Å². The maximum atomic E-state index is 12.4. The summed E-state index contributed by atoms with van der Waals surface area (Å²) in [6.45, 7) is 8.58. The van der Waals surface area contributed by atoms with E-state index in [2.05, 4.69) is 34.8 Å². The van der Waals surface area contributed by atoms with Crippen molar-refractivity contribution in [3.63, 3.8) is 0 Å². The predicted octanol–water partition coefficient (Wildman–Crippen LogP) is 2.65. The lowest BCUT2D eigenvalue weighted by Gasteiger charge is -2.19. The highest BCUT2D eigenvalue weighted by molar-refractivity contribution is 5.96. The summed E-state index contributed by atoms with van der Waals surface area (Å²) in [5.41, 5.74) is 4.96. The largest absolute Gasteiger partial charge is 0.493 e. The summed E-state index contributed by atoms with van der Waals surface area (Å²) in [5, 5.41) is 2.45. The molecule has 0 saturated heterocycles. The van der Waals surface area contributed by atoms with Gasteiger partial charge < -0.3 is 19.5 Å². The molecule has 0 aromatic heterocycles.